The van der Waals surface area contributed by atoms with E-state index < -0.39 is 5.97 Å². The van der Waals surface area contributed by atoms with Crippen LogP contribution in [0.3, 0.4) is 0 Å². The van der Waals surface area contributed by atoms with Crippen molar-refractivity contribution < 1.29 is 33.6 Å². The average molecular weight is 301 g/mol. The van der Waals surface area contributed by atoms with Crippen LogP contribution in [0.4, 0.5) is 5.13 Å². The number of carbonyl (C=O) groups excluding carboxylic acids is 2. The first kappa shape index (κ1) is 17.9. The Balaban J connectivity index is 0.00000220. The molecule has 1 N–H and O–H groups in total. The van der Waals surface area contributed by atoms with Crippen LogP contribution in [0.15, 0.2) is 18.9 Å². The van der Waals surface area contributed by atoms with Gasteiger partial charge in [0.2, 0.25) is 5.91 Å². The van der Waals surface area contributed by atoms with Crippen molar-refractivity contribution in [2.45, 2.75) is 19.4 Å². The number of thiazole rings is 1. The van der Waals surface area contributed by atoms with E-state index in [0.717, 1.165) is 24.5 Å². The second-order valence-corrected chi connectivity index (χ2v) is 5.81. The molecule has 0 bridgehead atoms. The molecule has 21 heavy (non-hydrogen) atoms. The normalized spacial score (nSPS) is 16.0. The van der Waals surface area contributed by atoms with E-state index in [9.17, 15) is 14.7 Å². The van der Waals surface area contributed by atoms with Crippen LogP contribution in [-0.4, -0.2) is 34.8 Å². The van der Waals surface area contributed by atoms with Crippen LogP contribution in [0.2, 0.25) is 0 Å². The number of nitrogens with one attached hydrogen (secondary N) is 1. The molecule has 1 aromatic heterocycles. The molecule has 8 heteroatoms. The van der Waals surface area contributed by atoms with Crippen molar-refractivity contribution in [1.29, 1.82) is 0 Å². The summed E-state index contributed by atoms with van der Waals surface area (Å²) in [6.07, 6.45) is 4.18. The van der Waals surface area contributed by atoms with Crippen LogP contribution in [0.5, 0.6) is 0 Å². The van der Waals surface area contributed by atoms with Crippen LogP contribution >= 0.6 is 11.3 Å². The Hall–Kier alpha value is -1.13. The minimum Gasteiger partial charge on any atom is -0.550 e. The molecule has 0 radical (unpaired) electrons. The molecule has 1 aromatic rings. The van der Waals surface area contributed by atoms with E-state index in [-0.39, 0.29) is 30.7 Å². The zero-order valence-electron chi connectivity index (χ0n) is 12.0. The molecule has 6 nitrogen and oxygen atoms in total. The molecule has 0 atom stereocenters. The molecule has 0 spiro atoms. The Morgan fingerprint density at radius 3 is 2.76 bits per heavy atom. The van der Waals surface area contributed by atoms with Crippen LogP contribution in [0.1, 0.15) is 17.7 Å². The van der Waals surface area contributed by atoms with Crippen LogP contribution in [0.25, 0.3) is 0 Å². The number of likely N-dealkylation sites (tertiary alicyclic amines) is 1. The van der Waals surface area contributed by atoms with Crippen LogP contribution in [0, 0.1) is 5.92 Å². The minimum absolute atomic E-state index is 0. The maximum absolute atomic E-state index is 11.1. The summed E-state index contributed by atoms with van der Waals surface area (Å²) in [5.74, 6) is -1.55. The molecule has 1 amide bonds. The fraction of sp³-hybridized carbons (Fsp3) is 0.462. The number of hydrogen-bond acceptors (Lipinski definition) is 6. The van der Waals surface area contributed by atoms with Crippen molar-refractivity contribution >= 4 is 28.3 Å². The minimum atomic E-state index is -0.947. The first-order chi connectivity index (χ1) is 9.58. The van der Waals surface area contributed by atoms with Gasteiger partial charge in [0.25, 0.3) is 0 Å². The van der Waals surface area contributed by atoms with Gasteiger partial charge in [0.1, 0.15) is 0 Å². The van der Waals surface area contributed by atoms with Crippen molar-refractivity contribution in [2.24, 2.45) is 5.92 Å². The molecular weight excluding hydrogens is 285 g/mol. The molecule has 108 valence electrons. The molecule has 1 saturated heterocycles. The summed E-state index contributed by atoms with van der Waals surface area (Å²) in [7, 11) is 0. The summed E-state index contributed by atoms with van der Waals surface area (Å²) < 4.78 is 0. The van der Waals surface area contributed by atoms with E-state index in [2.05, 4.69) is 21.8 Å². The van der Waals surface area contributed by atoms with Crippen molar-refractivity contribution in [3.8, 4) is 0 Å². The van der Waals surface area contributed by atoms with Gasteiger partial charge in [-0.2, -0.15) is 0 Å². The molecule has 0 aliphatic carbocycles. The van der Waals surface area contributed by atoms with Gasteiger partial charge in [-0.05, 0) is 32.0 Å². The number of piperidine rings is 1. The van der Waals surface area contributed by atoms with E-state index in [1.54, 1.807) is 6.20 Å². The zero-order chi connectivity index (χ0) is 14.5. The number of carbonyl (C=O) groups is 2. The van der Waals surface area contributed by atoms with Crippen molar-refractivity contribution in [2.75, 3.05) is 18.4 Å². The first-order valence-electron chi connectivity index (χ1n) is 6.40. The second-order valence-electron chi connectivity index (χ2n) is 4.69. The molecule has 1 aliphatic heterocycles. The van der Waals surface area contributed by atoms with Gasteiger partial charge < -0.3 is 9.90 Å². The third-order valence-electron chi connectivity index (χ3n) is 3.27. The molecule has 1 fully saturated rings. The monoisotopic (exact) mass is 301 g/mol. The van der Waals surface area contributed by atoms with Crippen LogP contribution in [-0.2, 0) is 16.1 Å². The summed E-state index contributed by atoms with van der Waals surface area (Å²) in [6, 6.07) is 0. The Bertz CT molecular complexity index is 513. The van der Waals surface area contributed by atoms with Gasteiger partial charge in [-0.15, -0.1) is 11.3 Å². The summed E-state index contributed by atoms with van der Waals surface area (Å²) in [6.45, 7) is 5.59. The Labute approximate surface area is 139 Å². The Morgan fingerprint density at radius 1 is 1.52 bits per heavy atom. The number of hydrogen-bond donors (Lipinski definition) is 1. The second kappa shape index (κ2) is 8.34. The Kier molecular flexibility index (Phi) is 7.12. The van der Waals surface area contributed by atoms with Crippen molar-refractivity contribution in [3.63, 3.8) is 0 Å². The SMILES string of the molecule is C=CC(=O)Nc1ncc(CN2CCC(C(=O)[O-])CC2)s1.[Li+]. The molecule has 2 heterocycles. The van der Waals surface area contributed by atoms with E-state index in [1.807, 2.05) is 0 Å². The average Bonchev–Trinajstić information content (AvgIpc) is 2.86. The fourth-order valence-electron chi connectivity index (χ4n) is 2.14. The number of amides is 1. The predicted molar refractivity (Wildman–Crippen MR) is 73.9 cm³/mol. The molecule has 0 aromatic carbocycles. The largest absolute Gasteiger partial charge is 1.00 e. The number of nitrogens with zero attached hydrogens (tertiary/aromatic N) is 2. The summed E-state index contributed by atoms with van der Waals surface area (Å²) in [5, 5.41) is 13.9. The van der Waals surface area contributed by atoms with E-state index in [1.165, 1.54) is 17.4 Å². The standard InChI is InChI=1S/C13H17N3O3S.Li/c1-2-11(17)15-13-14-7-10(20-13)8-16-5-3-9(4-6-16)12(18)19;/h2,7,9H,1,3-6,8H2,(H,18,19)(H,14,15,17);/q;+1/p-1. The molecule has 2 rings (SSSR count). The van der Waals surface area contributed by atoms with Crippen LogP contribution < -0.4 is 29.3 Å². The van der Waals surface area contributed by atoms with E-state index >= 15 is 0 Å². The topological polar surface area (TPSA) is 85.4 Å². The zero-order valence-corrected chi connectivity index (χ0v) is 12.8. The number of rotatable bonds is 5. The number of aromatic nitrogens is 1. The van der Waals surface area contributed by atoms with Crippen molar-refractivity contribution in [3.05, 3.63) is 23.7 Å². The van der Waals surface area contributed by atoms with Gasteiger partial charge >= 0.3 is 18.9 Å². The molecular formula is C13H16LiN3O3S. The third-order valence-corrected chi connectivity index (χ3v) is 4.17. The van der Waals surface area contributed by atoms with Gasteiger partial charge in [0.15, 0.2) is 5.13 Å². The fourth-order valence-corrected chi connectivity index (χ4v) is 3.00. The summed E-state index contributed by atoms with van der Waals surface area (Å²) in [4.78, 5) is 29.3. The number of anilines is 1. The summed E-state index contributed by atoms with van der Waals surface area (Å²) in [5.41, 5.74) is 0. The Morgan fingerprint density at radius 2 is 2.19 bits per heavy atom. The summed E-state index contributed by atoms with van der Waals surface area (Å²) >= 11 is 1.42. The van der Waals surface area contributed by atoms with Crippen molar-refractivity contribution in [1.82, 2.24) is 9.88 Å². The van der Waals surface area contributed by atoms with E-state index in [4.69, 9.17) is 0 Å². The molecule has 0 unspecified atom stereocenters. The van der Waals surface area contributed by atoms with Gasteiger partial charge in [0, 0.05) is 29.5 Å². The maximum Gasteiger partial charge on any atom is 1.00 e. The van der Waals surface area contributed by atoms with Gasteiger partial charge in [0.05, 0.1) is 0 Å². The first-order valence-corrected chi connectivity index (χ1v) is 7.21. The molecule has 1 aliphatic rings. The number of aliphatic carboxylic acids is 1. The van der Waals surface area contributed by atoms with Gasteiger partial charge in [-0.25, -0.2) is 4.98 Å². The maximum atomic E-state index is 11.1. The van der Waals surface area contributed by atoms with E-state index in [0.29, 0.717) is 18.0 Å². The number of carboxylic acid groups (broad SMARTS) is 1. The smallest absolute Gasteiger partial charge is 0.550 e. The number of carboxylic acids is 1. The molecule has 0 saturated carbocycles. The predicted octanol–water partition coefficient (Wildman–Crippen LogP) is -2.77. The third kappa shape index (κ3) is 5.29. The van der Waals surface area contributed by atoms with Gasteiger partial charge in [-0.1, -0.05) is 6.58 Å². The quantitative estimate of drug-likeness (QED) is 0.470. The van der Waals surface area contributed by atoms with Gasteiger partial charge in [-0.3, -0.25) is 15.0 Å².